The van der Waals surface area contributed by atoms with Gasteiger partial charge in [0.25, 0.3) is 0 Å². The third-order valence-electron chi connectivity index (χ3n) is 15.0. The zero-order chi connectivity index (χ0) is 44.3. The molecular formula is C65H52N2. The molecule has 0 saturated carbocycles. The van der Waals surface area contributed by atoms with Gasteiger partial charge in [0.2, 0.25) is 0 Å². The minimum absolute atomic E-state index is 0. The van der Waals surface area contributed by atoms with Crippen LogP contribution in [-0.2, 0) is 10.8 Å². The highest BCUT2D eigenvalue weighted by Gasteiger charge is 2.39. The molecule has 0 N–H and O–H groups in total. The molecular weight excluding hydrogens is 809 g/mol. The molecule has 2 heteroatoms. The third kappa shape index (κ3) is 5.89. The first-order valence-electron chi connectivity index (χ1n) is 23.3. The zero-order valence-electron chi connectivity index (χ0n) is 37.7. The number of benzene rings is 10. The standard InChI is InChI=1S/C64H48N2.CH4/c1-63(2)53-27-11-7-24-51(53)61-46(26-16-29-55(61)63)41-34-36-43(37-35-41)65(60-33-17-30-56-62(60)52-25-8-12-28-54(52)64(56,3)4)44-19-15-18-42(40-44)45-38-39-59(48-21-6-5-20-47(45)48)66-57-31-13-9-22-49(57)50-23-10-14-32-58(50)66;/h5-40H,1-4H3;1H4. The van der Waals surface area contributed by atoms with Crippen LogP contribution < -0.4 is 4.90 Å². The van der Waals surface area contributed by atoms with Gasteiger partial charge in [-0.2, -0.15) is 0 Å². The van der Waals surface area contributed by atoms with E-state index in [0.29, 0.717) is 0 Å². The average Bonchev–Trinajstić information content (AvgIpc) is 3.91. The van der Waals surface area contributed by atoms with Gasteiger partial charge < -0.3 is 9.47 Å². The van der Waals surface area contributed by atoms with Gasteiger partial charge in [0, 0.05) is 43.9 Å². The van der Waals surface area contributed by atoms with Crippen molar-refractivity contribution in [3.05, 3.63) is 241 Å². The molecule has 322 valence electrons. The van der Waals surface area contributed by atoms with Crippen LogP contribution in [0.5, 0.6) is 0 Å². The fourth-order valence-electron chi connectivity index (χ4n) is 11.9. The first-order valence-corrected chi connectivity index (χ1v) is 23.3. The summed E-state index contributed by atoms with van der Waals surface area (Å²) in [6, 6.07) is 81.3. The normalized spacial score (nSPS) is 13.8. The second-order valence-corrected chi connectivity index (χ2v) is 19.2. The number of hydrogen-bond acceptors (Lipinski definition) is 1. The third-order valence-corrected chi connectivity index (χ3v) is 15.0. The maximum atomic E-state index is 2.49. The molecule has 0 fully saturated rings. The van der Waals surface area contributed by atoms with Crippen LogP contribution in [0.25, 0.3) is 82.8 Å². The number of hydrogen-bond donors (Lipinski definition) is 0. The number of aromatic nitrogens is 1. The Kier molecular flexibility index (Phi) is 9.11. The van der Waals surface area contributed by atoms with Crippen molar-refractivity contribution in [1.82, 2.24) is 4.57 Å². The largest absolute Gasteiger partial charge is 0.310 e. The molecule has 0 radical (unpaired) electrons. The summed E-state index contributed by atoms with van der Waals surface area (Å²) in [5.74, 6) is 0. The summed E-state index contributed by atoms with van der Waals surface area (Å²) >= 11 is 0. The Morgan fingerprint density at radius 2 is 0.851 bits per heavy atom. The first-order chi connectivity index (χ1) is 32.3. The van der Waals surface area contributed by atoms with Gasteiger partial charge >= 0.3 is 0 Å². The highest BCUT2D eigenvalue weighted by Crippen LogP contribution is 2.55. The Labute approximate surface area is 394 Å². The zero-order valence-corrected chi connectivity index (χ0v) is 37.7. The quantitative estimate of drug-likeness (QED) is 0.162. The van der Waals surface area contributed by atoms with Crippen molar-refractivity contribution in [1.29, 1.82) is 0 Å². The van der Waals surface area contributed by atoms with Gasteiger partial charge in [-0.05, 0) is 115 Å². The first kappa shape index (κ1) is 40.6. The summed E-state index contributed by atoms with van der Waals surface area (Å²) in [6.45, 7) is 9.45. The Morgan fingerprint density at radius 3 is 1.52 bits per heavy atom. The molecule has 2 nitrogen and oxygen atoms in total. The van der Waals surface area contributed by atoms with Gasteiger partial charge in [-0.1, -0.05) is 205 Å². The maximum Gasteiger partial charge on any atom is 0.0543 e. The molecule has 2 aliphatic carbocycles. The van der Waals surface area contributed by atoms with Crippen LogP contribution >= 0.6 is 0 Å². The van der Waals surface area contributed by atoms with E-state index in [1.54, 1.807) is 0 Å². The van der Waals surface area contributed by atoms with E-state index in [1.165, 1.54) is 111 Å². The average molecular weight is 861 g/mol. The number of fused-ring (bicyclic) bond motifs is 10. The summed E-state index contributed by atoms with van der Waals surface area (Å²) in [6.07, 6.45) is 0. The van der Waals surface area contributed by atoms with Gasteiger partial charge in [0.15, 0.2) is 0 Å². The molecule has 11 aromatic rings. The van der Waals surface area contributed by atoms with E-state index in [4.69, 9.17) is 0 Å². The molecule has 13 rings (SSSR count). The van der Waals surface area contributed by atoms with Gasteiger partial charge in [-0.15, -0.1) is 0 Å². The van der Waals surface area contributed by atoms with Crippen LogP contribution in [0.3, 0.4) is 0 Å². The van der Waals surface area contributed by atoms with E-state index >= 15 is 0 Å². The van der Waals surface area contributed by atoms with Crippen LogP contribution in [0.15, 0.2) is 218 Å². The predicted octanol–water partition coefficient (Wildman–Crippen LogP) is 18.0. The van der Waals surface area contributed by atoms with Gasteiger partial charge in [0.1, 0.15) is 0 Å². The van der Waals surface area contributed by atoms with Crippen molar-refractivity contribution in [3.8, 4) is 50.2 Å². The summed E-state index contributed by atoms with van der Waals surface area (Å²) in [4.78, 5) is 2.49. The van der Waals surface area contributed by atoms with Crippen molar-refractivity contribution >= 4 is 49.6 Å². The van der Waals surface area contributed by atoms with Crippen molar-refractivity contribution in [2.75, 3.05) is 4.90 Å². The molecule has 2 aliphatic rings. The highest BCUT2D eigenvalue weighted by molar-refractivity contribution is 6.12. The molecule has 0 aliphatic heterocycles. The molecule has 0 saturated heterocycles. The van der Waals surface area contributed by atoms with Crippen molar-refractivity contribution in [2.45, 2.75) is 46.0 Å². The Balaban J connectivity index is 0.00000468. The van der Waals surface area contributed by atoms with E-state index in [9.17, 15) is 0 Å². The van der Waals surface area contributed by atoms with Crippen molar-refractivity contribution in [2.24, 2.45) is 0 Å². The Bertz CT molecular complexity index is 3710. The number of rotatable bonds is 6. The van der Waals surface area contributed by atoms with Crippen molar-refractivity contribution < 1.29 is 0 Å². The second-order valence-electron chi connectivity index (χ2n) is 19.2. The summed E-state index contributed by atoms with van der Waals surface area (Å²) in [5, 5.41) is 4.98. The van der Waals surface area contributed by atoms with E-state index in [1.807, 2.05) is 0 Å². The molecule has 67 heavy (non-hydrogen) atoms. The highest BCUT2D eigenvalue weighted by atomic mass is 15.1. The smallest absolute Gasteiger partial charge is 0.0543 e. The number of nitrogens with zero attached hydrogens (tertiary/aromatic N) is 2. The molecule has 0 atom stereocenters. The van der Waals surface area contributed by atoms with E-state index in [2.05, 4.69) is 256 Å². The van der Waals surface area contributed by atoms with Crippen LogP contribution in [0, 0.1) is 0 Å². The number of anilines is 3. The maximum absolute atomic E-state index is 2.49. The fraction of sp³-hybridized carbons (Fsp3) is 0.108. The summed E-state index contributed by atoms with van der Waals surface area (Å²) in [5.41, 5.74) is 22.5. The lowest BCUT2D eigenvalue weighted by molar-refractivity contribution is 0.660. The summed E-state index contributed by atoms with van der Waals surface area (Å²) < 4.78 is 2.44. The number of para-hydroxylation sites is 2. The molecule has 10 aromatic carbocycles. The Hall–Kier alpha value is -7.94. The molecule has 1 aromatic heterocycles. The summed E-state index contributed by atoms with van der Waals surface area (Å²) in [7, 11) is 0. The minimum atomic E-state index is -0.131. The van der Waals surface area contributed by atoms with Crippen molar-refractivity contribution in [3.63, 3.8) is 0 Å². The van der Waals surface area contributed by atoms with Crippen LogP contribution in [0.4, 0.5) is 17.1 Å². The fourth-order valence-corrected chi connectivity index (χ4v) is 11.9. The lowest BCUT2D eigenvalue weighted by Crippen LogP contribution is -2.16. The Morgan fingerprint density at radius 1 is 0.343 bits per heavy atom. The topological polar surface area (TPSA) is 8.17 Å². The van der Waals surface area contributed by atoms with Gasteiger partial charge in [-0.25, -0.2) is 0 Å². The van der Waals surface area contributed by atoms with Crippen LogP contribution in [0.1, 0.15) is 57.4 Å². The van der Waals surface area contributed by atoms with Crippen LogP contribution in [-0.4, -0.2) is 4.57 Å². The van der Waals surface area contributed by atoms with E-state index in [-0.39, 0.29) is 18.3 Å². The van der Waals surface area contributed by atoms with E-state index in [0.717, 1.165) is 11.4 Å². The minimum Gasteiger partial charge on any atom is -0.310 e. The van der Waals surface area contributed by atoms with Gasteiger partial charge in [-0.3, -0.25) is 0 Å². The second kappa shape index (κ2) is 15.1. The molecule has 0 amide bonds. The van der Waals surface area contributed by atoms with Crippen LogP contribution in [0.2, 0.25) is 0 Å². The molecule has 0 bridgehead atoms. The van der Waals surface area contributed by atoms with E-state index < -0.39 is 0 Å². The SMILES string of the molecule is C.CC1(C)c2ccccc2-c2c(-c3ccc(N(c4cccc(-c5ccc(-n6c7ccccc7c7ccccc76)c6ccccc56)c4)c4cccc5c4-c4ccccc4C5(C)C)cc3)cccc21. The predicted molar refractivity (Wildman–Crippen MR) is 286 cm³/mol. The molecule has 1 heterocycles. The molecule has 0 unspecified atom stereocenters. The molecule has 0 spiro atoms. The lowest BCUT2D eigenvalue weighted by atomic mass is 9.82. The van der Waals surface area contributed by atoms with Gasteiger partial charge in [0.05, 0.1) is 22.4 Å². The lowest BCUT2D eigenvalue weighted by Gasteiger charge is -2.29. The monoisotopic (exact) mass is 860 g/mol.